The molecule has 4 nitrogen and oxygen atoms in total. The van der Waals surface area contributed by atoms with Crippen molar-refractivity contribution in [2.45, 2.75) is 40.5 Å². The standard InChI is InChI=1S/C16H34N4.C2H6/c1-3-6-18-13-15-20(16-14-18)8-5-7-19-11-9-17(4-2)10-12-19;1-2/h3-16H2,1-2H3;1-2H3. The van der Waals surface area contributed by atoms with Gasteiger partial charge in [-0.3, -0.25) is 0 Å². The summed E-state index contributed by atoms with van der Waals surface area (Å²) in [5.74, 6) is 0. The van der Waals surface area contributed by atoms with Gasteiger partial charge in [-0.05, 0) is 39.0 Å². The predicted molar refractivity (Wildman–Crippen MR) is 97.7 cm³/mol. The van der Waals surface area contributed by atoms with Crippen molar-refractivity contribution in [3.63, 3.8) is 0 Å². The van der Waals surface area contributed by atoms with Crippen LogP contribution in [0.25, 0.3) is 0 Å². The minimum Gasteiger partial charge on any atom is -0.301 e. The van der Waals surface area contributed by atoms with Gasteiger partial charge < -0.3 is 19.6 Å². The molecule has 2 saturated heterocycles. The van der Waals surface area contributed by atoms with Gasteiger partial charge in [-0.2, -0.15) is 0 Å². The van der Waals surface area contributed by atoms with E-state index in [1.807, 2.05) is 13.8 Å². The summed E-state index contributed by atoms with van der Waals surface area (Å²) in [6.07, 6.45) is 2.64. The van der Waals surface area contributed by atoms with Gasteiger partial charge in [-0.1, -0.05) is 27.7 Å². The first kappa shape index (κ1) is 19.9. The van der Waals surface area contributed by atoms with Crippen molar-refractivity contribution in [1.82, 2.24) is 19.6 Å². The van der Waals surface area contributed by atoms with Crippen molar-refractivity contribution in [2.75, 3.05) is 78.5 Å². The second-order valence-corrected chi connectivity index (χ2v) is 6.31. The number of hydrogen-bond acceptors (Lipinski definition) is 4. The fourth-order valence-electron chi connectivity index (χ4n) is 3.40. The first-order valence-electron chi connectivity index (χ1n) is 9.71. The van der Waals surface area contributed by atoms with Crippen LogP contribution in [0.1, 0.15) is 40.5 Å². The Morgan fingerprint density at radius 3 is 1.27 bits per heavy atom. The third kappa shape index (κ3) is 7.40. The SMILES string of the molecule is CC.CCCN1CCN(CCCN2CCN(CC)CC2)CC1. The van der Waals surface area contributed by atoms with E-state index < -0.39 is 0 Å². The monoisotopic (exact) mass is 312 g/mol. The molecule has 0 aromatic rings. The maximum Gasteiger partial charge on any atom is 0.0110 e. The predicted octanol–water partition coefficient (Wildman–Crippen LogP) is 2.07. The molecule has 0 aromatic carbocycles. The summed E-state index contributed by atoms with van der Waals surface area (Å²) < 4.78 is 0. The fraction of sp³-hybridized carbons (Fsp3) is 1.00. The molecule has 132 valence electrons. The minimum absolute atomic E-state index is 1.22. The van der Waals surface area contributed by atoms with Crippen LogP contribution in [-0.2, 0) is 0 Å². The van der Waals surface area contributed by atoms with E-state index in [1.54, 1.807) is 0 Å². The molecule has 0 radical (unpaired) electrons. The highest BCUT2D eigenvalue weighted by Crippen LogP contribution is 2.05. The average molecular weight is 313 g/mol. The summed E-state index contributed by atoms with van der Waals surface area (Å²) in [5.41, 5.74) is 0. The minimum atomic E-state index is 1.22. The molecule has 0 amide bonds. The Kier molecular flexibility index (Phi) is 11.1. The first-order chi connectivity index (χ1) is 10.8. The van der Waals surface area contributed by atoms with Crippen LogP contribution in [0.5, 0.6) is 0 Å². The second-order valence-electron chi connectivity index (χ2n) is 6.31. The molecule has 2 rings (SSSR count). The van der Waals surface area contributed by atoms with Crippen molar-refractivity contribution < 1.29 is 0 Å². The zero-order valence-electron chi connectivity index (χ0n) is 15.7. The van der Waals surface area contributed by atoms with Gasteiger partial charge in [-0.25, -0.2) is 0 Å². The molecule has 0 unspecified atom stereocenters. The van der Waals surface area contributed by atoms with Crippen LogP contribution in [0.15, 0.2) is 0 Å². The van der Waals surface area contributed by atoms with Crippen molar-refractivity contribution in [3.8, 4) is 0 Å². The maximum absolute atomic E-state index is 2.66. The van der Waals surface area contributed by atoms with Crippen molar-refractivity contribution >= 4 is 0 Å². The van der Waals surface area contributed by atoms with Gasteiger partial charge >= 0.3 is 0 Å². The molecule has 0 saturated carbocycles. The Morgan fingerprint density at radius 2 is 0.909 bits per heavy atom. The number of nitrogens with zero attached hydrogens (tertiary/aromatic N) is 4. The van der Waals surface area contributed by atoms with Crippen LogP contribution in [0.2, 0.25) is 0 Å². The number of hydrogen-bond donors (Lipinski definition) is 0. The Balaban J connectivity index is 0.00000116. The average Bonchev–Trinajstić information content (AvgIpc) is 2.59. The molecule has 2 aliphatic heterocycles. The highest BCUT2D eigenvalue weighted by Gasteiger charge is 2.17. The lowest BCUT2D eigenvalue weighted by Gasteiger charge is -2.36. The van der Waals surface area contributed by atoms with Gasteiger partial charge in [0.15, 0.2) is 0 Å². The van der Waals surface area contributed by atoms with Crippen LogP contribution in [0.3, 0.4) is 0 Å². The number of likely N-dealkylation sites (N-methyl/N-ethyl adjacent to an activating group) is 1. The molecular formula is C18H40N4. The van der Waals surface area contributed by atoms with E-state index in [4.69, 9.17) is 0 Å². The largest absolute Gasteiger partial charge is 0.301 e. The number of rotatable bonds is 7. The van der Waals surface area contributed by atoms with E-state index in [9.17, 15) is 0 Å². The quantitative estimate of drug-likeness (QED) is 0.713. The zero-order valence-corrected chi connectivity index (χ0v) is 15.7. The normalized spacial score (nSPS) is 22.4. The Morgan fingerprint density at radius 1 is 0.545 bits per heavy atom. The van der Waals surface area contributed by atoms with Crippen LogP contribution in [0, 0.1) is 0 Å². The summed E-state index contributed by atoms with van der Waals surface area (Å²) in [4.78, 5) is 10.5. The second kappa shape index (κ2) is 12.3. The summed E-state index contributed by atoms with van der Waals surface area (Å²) in [6, 6.07) is 0. The van der Waals surface area contributed by atoms with Gasteiger partial charge in [0.25, 0.3) is 0 Å². The molecule has 22 heavy (non-hydrogen) atoms. The van der Waals surface area contributed by atoms with Gasteiger partial charge in [0.1, 0.15) is 0 Å². The molecule has 2 heterocycles. The molecule has 0 aromatic heterocycles. The molecule has 0 aliphatic carbocycles. The smallest absolute Gasteiger partial charge is 0.0110 e. The molecule has 2 aliphatic rings. The van der Waals surface area contributed by atoms with Crippen LogP contribution in [0.4, 0.5) is 0 Å². The Labute approximate surface area is 139 Å². The molecule has 4 heteroatoms. The lowest BCUT2D eigenvalue weighted by molar-refractivity contribution is 0.112. The summed E-state index contributed by atoms with van der Waals surface area (Å²) >= 11 is 0. The van der Waals surface area contributed by atoms with Crippen LogP contribution in [-0.4, -0.2) is 98.1 Å². The summed E-state index contributed by atoms with van der Waals surface area (Å²) in [5, 5.41) is 0. The molecule has 0 N–H and O–H groups in total. The lowest BCUT2D eigenvalue weighted by atomic mass is 10.2. The summed E-state index contributed by atoms with van der Waals surface area (Å²) in [6.45, 7) is 23.9. The maximum atomic E-state index is 2.66. The van der Waals surface area contributed by atoms with E-state index in [1.165, 1.54) is 91.4 Å². The summed E-state index contributed by atoms with van der Waals surface area (Å²) in [7, 11) is 0. The topological polar surface area (TPSA) is 13.0 Å². The van der Waals surface area contributed by atoms with Crippen molar-refractivity contribution in [1.29, 1.82) is 0 Å². The van der Waals surface area contributed by atoms with E-state index in [-0.39, 0.29) is 0 Å². The van der Waals surface area contributed by atoms with Gasteiger partial charge in [0.05, 0.1) is 0 Å². The van der Waals surface area contributed by atoms with E-state index in [2.05, 4.69) is 33.4 Å². The third-order valence-electron chi connectivity index (χ3n) is 4.87. The Hall–Kier alpha value is -0.160. The van der Waals surface area contributed by atoms with Gasteiger partial charge in [0, 0.05) is 52.4 Å². The highest BCUT2D eigenvalue weighted by atomic mass is 15.3. The molecule has 0 atom stereocenters. The zero-order chi connectivity index (χ0) is 16.2. The van der Waals surface area contributed by atoms with E-state index >= 15 is 0 Å². The molecule has 0 spiro atoms. The Bertz CT molecular complexity index is 243. The first-order valence-corrected chi connectivity index (χ1v) is 9.71. The molecule has 2 fully saturated rings. The van der Waals surface area contributed by atoms with Gasteiger partial charge in [0.2, 0.25) is 0 Å². The number of piperazine rings is 2. The van der Waals surface area contributed by atoms with E-state index in [0.717, 1.165) is 0 Å². The molecular weight excluding hydrogens is 272 g/mol. The van der Waals surface area contributed by atoms with Crippen LogP contribution < -0.4 is 0 Å². The van der Waals surface area contributed by atoms with Crippen molar-refractivity contribution in [3.05, 3.63) is 0 Å². The van der Waals surface area contributed by atoms with E-state index in [0.29, 0.717) is 0 Å². The molecule has 0 bridgehead atoms. The van der Waals surface area contributed by atoms with Crippen molar-refractivity contribution in [2.24, 2.45) is 0 Å². The van der Waals surface area contributed by atoms with Gasteiger partial charge in [-0.15, -0.1) is 0 Å². The van der Waals surface area contributed by atoms with Crippen LogP contribution >= 0.6 is 0 Å². The third-order valence-corrected chi connectivity index (χ3v) is 4.87. The highest BCUT2D eigenvalue weighted by molar-refractivity contribution is 4.74. The fourth-order valence-corrected chi connectivity index (χ4v) is 3.40. The lowest BCUT2D eigenvalue weighted by Crippen LogP contribution is -2.48.